The van der Waals surface area contributed by atoms with Crippen LogP contribution in [0.4, 0.5) is 8.78 Å². The summed E-state index contributed by atoms with van der Waals surface area (Å²) in [6.45, 7) is 1.97. The fourth-order valence-corrected chi connectivity index (χ4v) is 1.63. The van der Waals surface area contributed by atoms with E-state index in [2.05, 4.69) is 10.1 Å². The molecule has 1 atom stereocenters. The number of rotatable bonds is 4. The molecule has 2 aromatic rings. The summed E-state index contributed by atoms with van der Waals surface area (Å²) in [7, 11) is 0. The zero-order chi connectivity index (χ0) is 13.1. The van der Waals surface area contributed by atoms with Crippen LogP contribution in [0.25, 0.3) is 11.5 Å². The Balaban J connectivity index is 2.35. The molecule has 96 valence electrons. The van der Waals surface area contributed by atoms with Gasteiger partial charge in [0.05, 0.1) is 6.04 Å². The van der Waals surface area contributed by atoms with Crippen LogP contribution in [0.1, 0.15) is 31.6 Å². The molecule has 0 spiro atoms. The van der Waals surface area contributed by atoms with E-state index < -0.39 is 11.6 Å². The van der Waals surface area contributed by atoms with Gasteiger partial charge < -0.3 is 10.3 Å². The Labute approximate surface area is 103 Å². The van der Waals surface area contributed by atoms with Gasteiger partial charge >= 0.3 is 0 Å². The summed E-state index contributed by atoms with van der Waals surface area (Å²) in [5, 5.41) is 3.65. The van der Waals surface area contributed by atoms with Crippen molar-refractivity contribution in [2.24, 2.45) is 5.73 Å². The standard InChI is InChI=1S/C12H13F2N3O/c1-2-4-9(15)11-16-12(18-17-11)10-7(13)5-3-6-8(10)14/h3,5-6,9H,2,4,15H2,1H3. The maximum atomic E-state index is 13.5. The average molecular weight is 253 g/mol. The molecule has 1 heterocycles. The van der Waals surface area contributed by atoms with Crippen LogP contribution in [0, 0.1) is 11.6 Å². The SMILES string of the molecule is CCCC(N)c1noc(-c2c(F)cccc2F)n1. The van der Waals surface area contributed by atoms with Crippen LogP contribution in [0.15, 0.2) is 22.7 Å². The van der Waals surface area contributed by atoms with Crippen molar-refractivity contribution in [1.82, 2.24) is 10.1 Å². The molecule has 0 bridgehead atoms. The fourth-order valence-electron chi connectivity index (χ4n) is 1.63. The summed E-state index contributed by atoms with van der Waals surface area (Å²) in [6, 6.07) is 3.15. The highest BCUT2D eigenvalue weighted by Gasteiger charge is 2.20. The number of hydrogen-bond acceptors (Lipinski definition) is 4. The molecular formula is C12H13F2N3O. The monoisotopic (exact) mass is 253 g/mol. The Morgan fingerprint density at radius 3 is 2.61 bits per heavy atom. The van der Waals surface area contributed by atoms with Crippen LogP contribution < -0.4 is 5.73 Å². The van der Waals surface area contributed by atoms with E-state index in [9.17, 15) is 8.78 Å². The van der Waals surface area contributed by atoms with Crippen LogP contribution in [-0.4, -0.2) is 10.1 Å². The lowest BCUT2D eigenvalue weighted by molar-refractivity contribution is 0.409. The predicted molar refractivity (Wildman–Crippen MR) is 61.5 cm³/mol. The zero-order valence-corrected chi connectivity index (χ0v) is 9.86. The second-order valence-corrected chi connectivity index (χ2v) is 3.95. The van der Waals surface area contributed by atoms with Crippen molar-refractivity contribution < 1.29 is 13.3 Å². The largest absolute Gasteiger partial charge is 0.334 e. The van der Waals surface area contributed by atoms with E-state index in [1.165, 1.54) is 6.07 Å². The molecule has 0 amide bonds. The van der Waals surface area contributed by atoms with Crippen LogP contribution in [-0.2, 0) is 0 Å². The third-order valence-electron chi connectivity index (χ3n) is 2.55. The van der Waals surface area contributed by atoms with E-state index in [4.69, 9.17) is 10.3 Å². The van der Waals surface area contributed by atoms with Crippen LogP contribution >= 0.6 is 0 Å². The van der Waals surface area contributed by atoms with Gasteiger partial charge in [-0.1, -0.05) is 24.6 Å². The van der Waals surface area contributed by atoms with Gasteiger partial charge in [-0.15, -0.1) is 0 Å². The van der Waals surface area contributed by atoms with Gasteiger partial charge in [-0.25, -0.2) is 8.78 Å². The lowest BCUT2D eigenvalue weighted by atomic mass is 10.1. The lowest BCUT2D eigenvalue weighted by Gasteiger charge is -2.02. The minimum absolute atomic E-state index is 0.188. The first-order valence-corrected chi connectivity index (χ1v) is 5.67. The molecule has 6 heteroatoms. The molecule has 0 aliphatic carbocycles. The van der Waals surface area contributed by atoms with Gasteiger partial charge in [-0.3, -0.25) is 0 Å². The van der Waals surface area contributed by atoms with Crippen molar-refractivity contribution in [1.29, 1.82) is 0 Å². The molecule has 0 radical (unpaired) electrons. The molecule has 4 nitrogen and oxygen atoms in total. The molecule has 18 heavy (non-hydrogen) atoms. The Morgan fingerprint density at radius 1 is 1.33 bits per heavy atom. The summed E-state index contributed by atoms with van der Waals surface area (Å²) in [5.41, 5.74) is 5.48. The van der Waals surface area contributed by atoms with Gasteiger partial charge in [0.1, 0.15) is 17.2 Å². The first-order chi connectivity index (χ1) is 8.63. The number of benzene rings is 1. The maximum absolute atomic E-state index is 13.5. The number of halogens is 2. The second-order valence-electron chi connectivity index (χ2n) is 3.95. The van der Waals surface area contributed by atoms with E-state index in [1.807, 2.05) is 6.92 Å². The molecule has 0 saturated carbocycles. The van der Waals surface area contributed by atoms with Gasteiger partial charge in [0.15, 0.2) is 5.82 Å². The molecular weight excluding hydrogens is 240 g/mol. The topological polar surface area (TPSA) is 64.9 Å². The lowest BCUT2D eigenvalue weighted by Crippen LogP contribution is -2.11. The van der Waals surface area contributed by atoms with Crippen molar-refractivity contribution >= 4 is 0 Å². The number of nitrogens with two attached hydrogens (primary N) is 1. The number of aromatic nitrogens is 2. The number of nitrogens with zero attached hydrogens (tertiary/aromatic N) is 2. The zero-order valence-electron chi connectivity index (χ0n) is 9.86. The molecule has 2 rings (SSSR count). The maximum Gasteiger partial charge on any atom is 0.263 e. The van der Waals surface area contributed by atoms with Gasteiger partial charge in [0.2, 0.25) is 0 Å². The molecule has 0 saturated heterocycles. The molecule has 0 aliphatic heterocycles. The first-order valence-electron chi connectivity index (χ1n) is 5.67. The predicted octanol–water partition coefficient (Wildman–Crippen LogP) is 2.81. The molecule has 0 fully saturated rings. The van der Waals surface area contributed by atoms with E-state index in [1.54, 1.807) is 0 Å². The average Bonchev–Trinajstić information content (AvgIpc) is 2.78. The summed E-state index contributed by atoms with van der Waals surface area (Å²) in [4.78, 5) is 3.94. The summed E-state index contributed by atoms with van der Waals surface area (Å²) >= 11 is 0. The Hall–Kier alpha value is -1.82. The summed E-state index contributed by atoms with van der Waals surface area (Å²) in [5.74, 6) is -1.41. The second kappa shape index (κ2) is 5.22. The third-order valence-corrected chi connectivity index (χ3v) is 2.55. The van der Waals surface area contributed by atoms with Crippen molar-refractivity contribution in [3.8, 4) is 11.5 Å². The van der Waals surface area contributed by atoms with Gasteiger partial charge in [0.25, 0.3) is 5.89 Å². The molecule has 1 unspecified atom stereocenters. The van der Waals surface area contributed by atoms with Gasteiger partial charge in [-0.2, -0.15) is 4.98 Å². The Bertz CT molecular complexity index is 522. The minimum atomic E-state index is -0.741. The smallest absolute Gasteiger partial charge is 0.263 e. The highest BCUT2D eigenvalue weighted by molar-refractivity contribution is 5.54. The Kier molecular flexibility index (Phi) is 3.66. The van der Waals surface area contributed by atoms with E-state index in [0.29, 0.717) is 6.42 Å². The Morgan fingerprint density at radius 2 is 2.00 bits per heavy atom. The van der Waals surface area contributed by atoms with Crippen LogP contribution in [0.3, 0.4) is 0 Å². The minimum Gasteiger partial charge on any atom is -0.334 e. The van der Waals surface area contributed by atoms with E-state index in [-0.39, 0.29) is 23.3 Å². The highest BCUT2D eigenvalue weighted by atomic mass is 19.1. The van der Waals surface area contributed by atoms with Crippen LogP contribution in [0.5, 0.6) is 0 Å². The van der Waals surface area contributed by atoms with Gasteiger partial charge in [-0.05, 0) is 18.6 Å². The molecule has 1 aromatic carbocycles. The molecule has 1 aromatic heterocycles. The van der Waals surface area contributed by atoms with Crippen molar-refractivity contribution in [3.63, 3.8) is 0 Å². The quantitative estimate of drug-likeness (QED) is 0.909. The summed E-state index contributed by atoms with van der Waals surface area (Å²) in [6.07, 6.45) is 1.54. The highest BCUT2D eigenvalue weighted by Crippen LogP contribution is 2.25. The first kappa shape index (κ1) is 12.6. The van der Waals surface area contributed by atoms with Crippen molar-refractivity contribution in [3.05, 3.63) is 35.7 Å². The number of hydrogen-bond donors (Lipinski definition) is 1. The third kappa shape index (κ3) is 2.38. The molecule has 0 aliphatic rings. The summed E-state index contributed by atoms with van der Waals surface area (Å²) < 4.78 is 31.8. The molecule has 2 N–H and O–H groups in total. The fraction of sp³-hybridized carbons (Fsp3) is 0.333. The van der Waals surface area contributed by atoms with E-state index in [0.717, 1.165) is 18.6 Å². The van der Waals surface area contributed by atoms with E-state index >= 15 is 0 Å². The van der Waals surface area contributed by atoms with Gasteiger partial charge in [0, 0.05) is 0 Å². The van der Waals surface area contributed by atoms with Crippen LogP contribution in [0.2, 0.25) is 0 Å². The normalized spacial score (nSPS) is 12.7. The van der Waals surface area contributed by atoms with Crippen molar-refractivity contribution in [2.45, 2.75) is 25.8 Å². The van der Waals surface area contributed by atoms with Crippen molar-refractivity contribution in [2.75, 3.05) is 0 Å².